The summed E-state index contributed by atoms with van der Waals surface area (Å²) in [5.74, 6) is 1.08. The molecule has 1 heterocycles. The van der Waals surface area contributed by atoms with Gasteiger partial charge >= 0.3 is 0 Å². The Hall–Kier alpha value is -3.46. The number of benzene rings is 2. The van der Waals surface area contributed by atoms with Gasteiger partial charge in [-0.15, -0.1) is 0 Å². The molecule has 1 amide bonds. The maximum atomic E-state index is 12.5. The fourth-order valence-corrected chi connectivity index (χ4v) is 2.65. The summed E-state index contributed by atoms with van der Waals surface area (Å²) < 4.78 is 16.0. The molecule has 0 aliphatic carbocycles. The Labute approximate surface area is 151 Å². The van der Waals surface area contributed by atoms with Crippen LogP contribution >= 0.6 is 0 Å². The standard InChI is InChI=1S/C20H18N2O4/c1-13(15-6-4-3-5-7-15)22-20(23)16(11-21)8-14-9-17(24-2)19-18(10-14)25-12-26-19/h3-10,13H,12H2,1-2H3,(H,22,23)/b16-8-/t13-/m0/s1. The molecule has 0 saturated heterocycles. The molecular formula is C20H18N2O4. The lowest BCUT2D eigenvalue weighted by atomic mass is 10.1. The van der Waals surface area contributed by atoms with Crippen LogP contribution in [0.2, 0.25) is 0 Å². The molecule has 1 aliphatic rings. The average molecular weight is 350 g/mol. The molecule has 0 fully saturated rings. The second-order valence-electron chi connectivity index (χ2n) is 5.73. The molecule has 3 rings (SSSR count). The quantitative estimate of drug-likeness (QED) is 0.661. The van der Waals surface area contributed by atoms with Crippen LogP contribution in [0.1, 0.15) is 24.1 Å². The molecule has 1 atom stereocenters. The van der Waals surface area contributed by atoms with E-state index in [-0.39, 0.29) is 18.4 Å². The predicted octanol–water partition coefficient (Wildman–Crippen LogP) is 3.21. The van der Waals surface area contributed by atoms with E-state index in [1.54, 1.807) is 12.1 Å². The lowest BCUT2D eigenvalue weighted by Crippen LogP contribution is -2.27. The fourth-order valence-electron chi connectivity index (χ4n) is 2.65. The number of fused-ring (bicyclic) bond motifs is 1. The normalized spacial score (nSPS) is 13.7. The van der Waals surface area contributed by atoms with Crippen molar-refractivity contribution in [2.45, 2.75) is 13.0 Å². The van der Waals surface area contributed by atoms with E-state index < -0.39 is 5.91 Å². The van der Waals surface area contributed by atoms with Crippen LogP contribution in [0.3, 0.4) is 0 Å². The van der Waals surface area contributed by atoms with Gasteiger partial charge in [0.1, 0.15) is 11.6 Å². The molecule has 26 heavy (non-hydrogen) atoms. The van der Waals surface area contributed by atoms with Gasteiger partial charge in [0.25, 0.3) is 5.91 Å². The number of hydrogen-bond donors (Lipinski definition) is 1. The predicted molar refractivity (Wildman–Crippen MR) is 95.7 cm³/mol. The summed E-state index contributed by atoms with van der Waals surface area (Å²) in [6, 6.07) is 14.7. The molecule has 2 aromatic rings. The highest BCUT2D eigenvalue weighted by molar-refractivity contribution is 6.02. The largest absolute Gasteiger partial charge is 0.493 e. The number of nitriles is 1. The summed E-state index contributed by atoms with van der Waals surface area (Å²) in [7, 11) is 1.52. The molecule has 6 heteroatoms. The van der Waals surface area contributed by atoms with Gasteiger partial charge in [0.2, 0.25) is 12.5 Å². The van der Waals surface area contributed by atoms with E-state index in [1.807, 2.05) is 43.3 Å². The molecule has 0 bridgehead atoms. The zero-order valence-corrected chi connectivity index (χ0v) is 14.5. The van der Waals surface area contributed by atoms with E-state index in [0.29, 0.717) is 22.8 Å². The van der Waals surface area contributed by atoms with Gasteiger partial charge in [-0.2, -0.15) is 5.26 Å². The number of ether oxygens (including phenoxy) is 3. The van der Waals surface area contributed by atoms with Gasteiger partial charge in [0, 0.05) is 0 Å². The lowest BCUT2D eigenvalue weighted by molar-refractivity contribution is -0.117. The average Bonchev–Trinajstić information content (AvgIpc) is 3.14. The van der Waals surface area contributed by atoms with Crippen LogP contribution in [0.5, 0.6) is 17.2 Å². The molecule has 1 N–H and O–H groups in total. The van der Waals surface area contributed by atoms with Crippen molar-refractivity contribution in [1.82, 2.24) is 5.32 Å². The summed E-state index contributed by atoms with van der Waals surface area (Å²) in [6.07, 6.45) is 1.50. The van der Waals surface area contributed by atoms with Crippen molar-refractivity contribution in [3.63, 3.8) is 0 Å². The van der Waals surface area contributed by atoms with Crippen LogP contribution < -0.4 is 19.5 Å². The number of carbonyl (C=O) groups excluding carboxylic acids is 1. The highest BCUT2D eigenvalue weighted by Crippen LogP contribution is 2.42. The monoisotopic (exact) mass is 350 g/mol. The first-order chi connectivity index (χ1) is 12.6. The van der Waals surface area contributed by atoms with Gasteiger partial charge in [0.15, 0.2) is 11.5 Å². The second kappa shape index (κ2) is 7.62. The van der Waals surface area contributed by atoms with Crippen molar-refractivity contribution in [2.24, 2.45) is 0 Å². The van der Waals surface area contributed by atoms with E-state index in [1.165, 1.54) is 13.2 Å². The number of amides is 1. The van der Waals surface area contributed by atoms with Gasteiger partial charge in [-0.3, -0.25) is 4.79 Å². The van der Waals surface area contributed by atoms with E-state index >= 15 is 0 Å². The van der Waals surface area contributed by atoms with Crippen molar-refractivity contribution in [1.29, 1.82) is 5.26 Å². The molecular weight excluding hydrogens is 332 g/mol. The first-order valence-electron chi connectivity index (χ1n) is 8.07. The van der Waals surface area contributed by atoms with Crippen LogP contribution in [0, 0.1) is 11.3 Å². The number of nitrogens with one attached hydrogen (secondary N) is 1. The minimum Gasteiger partial charge on any atom is -0.493 e. The lowest BCUT2D eigenvalue weighted by Gasteiger charge is -2.14. The van der Waals surface area contributed by atoms with E-state index in [4.69, 9.17) is 14.2 Å². The van der Waals surface area contributed by atoms with Crippen molar-refractivity contribution >= 4 is 12.0 Å². The van der Waals surface area contributed by atoms with Crippen LogP contribution in [0.25, 0.3) is 6.08 Å². The Bertz CT molecular complexity index is 885. The zero-order chi connectivity index (χ0) is 18.5. The van der Waals surface area contributed by atoms with Crippen molar-refractivity contribution in [2.75, 3.05) is 13.9 Å². The maximum absolute atomic E-state index is 12.5. The van der Waals surface area contributed by atoms with Crippen LogP contribution in [-0.2, 0) is 4.79 Å². The zero-order valence-electron chi connectivity index (χ0n) is 14.5. The molecule has 1 aliphatic heterocycles. The Morgan fingerprint density at radius 2 is 2.08 bits per heavy atom. The van der Waals surface area contributed by atoms with Crippen LogP contribution in [0.15, 0.2) is 48.0 Å². The first-order valence-corrected chi connectivity index (χ1v) is 8.07. The minimum absolute atomic E-state index is 0.00583. The van der Waals surface area contributed by atoms with Crippen LogP contribution in [-0.4, -0.2) is 19.8 Å². The molecule has 0 spiro atoms. The smallest absolute Gasteiger partial charge is 0.262 e. The Balaban J connectivity index is 1.82. The van der Waals surface area contributed by atoms with Gasteiger partial charge in [-0.1, -0.05) is 30.3 Å². The second-order valence-corrected chi connectivity index (χ2v) is 5.73. The van der Waals surface area contributed by atoms with Crippen molar-refractivity contribution < 1.29 is 19.0 Å². The van der Waals surface area contributed by atoms with Gasteiger partial charge in [0.05, 0.1) is 13.2 Å². The van der Waals surface area contributed by atoms with E-state index in [0.717, 1.165) is 5.56 Å². The third-order valence-corrected chi connectivity index (χ3v) is 4.00. The van der Waals surface area contributed by atoms with E-state index in [2.05, 4.69) is 5.32 Å². The summed E-state index contributed by atoms with van der Waals surface area (Å²) in [6.45, 7) is 1.98. The highest BCUT2D eigenvalue weighted by atomic mass is 16.7. The van der Waals surface area contributed by atoms with Gasteiger partial charge in [-0.05, 0) is 36.3 Å². The minimum atomic E-state index is -0.444. The van der Waals surface area contributed by atoms with Gasteiger partial charge < -0.3 is 19.5 Å². The summed E-state index contributed by atoms with van der Waals surface area (Å²) in [5.41, 5.74) is 1.57. The molecule has 0 aromatic heterocycles. The maximum Gasteiger partial charge on any atom is 0.262 e. The molecule has 2 aromatic carbocycles. The Morgan fingerprint density at radius 3 is 2.77 bits per heavy atom. The summed E-state index contributed by atoms with van der Waals surface area (Å²) in [5, 5.41) is 12.2. The molecule has 0 saturated carbocycles. The Morgan fingerprint density at radius 1 is 1.31 bits per heavy atom. The SMILES string of the molecule is COc1cc(/C=C(/C#N)C(=O)N[C@@H](C)c2ccccc2)cc2c1OCO2. The van der Waals surface area contributed by atoms with E-state index in [9.17, 15) is 10.1 Å². The number of methoxy groups -OCH3 is 1. The number of rotatable bonds is 5. The molecule has 6 nitrogen and oxygen atoms in total. The molecule has 0 unspecified atom stereocenters. The number of carbonyl (C=O) groups is 1. The topological polar surface area (TPSA) is 80.6 Å². The first kappa shape index (κ1) is 17.4. The molecule has 132 valence electrons. The van der Waals surface area contributed by atoms with Crippen molar-refractivity contribution in [3.05, 3.63) is 59.2 Å². The molecule has 0 radical (unpaired) electrons. The third kappa shape index (κ3) is 3.62. The Kier molecular flexibility index (Phi) is 5.09. The highest BCUT2D eigenvalue weighted by Gasteiger charge is 2.20. The third-order valence-electron chi connectivity index (χ3n) is 4.00. The van der Waals surface area contributed by atoms with Gasteiger partial charge in [-0.25, -0.2) is 0 Å². The number of hydrogen-bond acceptors (Lipinski definition) is 5. The van der Waals surface area contributed by atoms with Crippen molar-refractivity contribution in [3.8, 4) is 23.3 Å². The number of nitrogens with zero attached hydrogens (tertiary/aromatic N) is 1. The summed E-state index contributed by atoms with van der Waals surface area (Å²) in [4.78, 5) is 12.5. The fraction of sp³-hybridized carbons (Fsp3) is 0.200. The van der Waals surface area contributed by atoms with Crippen LogP contribution in [0.4, 0.5) is 0 Å². The summed E-state index contributed by atoms with van der Waals surface area (Å²) >= 11 is 0.